The fourth-order valence-electron chi connectivity index (χ4n) is 0. The second kappa shape index (κ2) is 9.71. The van der Waals surface area contributed by atoms with Gasteiger partial charge >= 0.3 is 0 Å². The summed E-state index contributed by atoms with van der Waals surface area (Å²) in [6.07, 6.45) is 0. The molecule has 0 atom stereocenters. The van der Waals surface area contributed by atoms with Gasteiger partial charge in [-0.25, -0.2) is 0 Å². The normalized spacial score (nSPS) is 2.00. The standard InChI is InChI=1S/La.H2N3/c;1-3-2/h;1-2H/q;+1. The largest absolute Gasteiger partial charge is 0.211 e. The van der Waals surface area contributed by atoms with Gasteiger partial charge in [-0.3, -0.25) is 0 Å². The van der Waals surface area contributed by atoms with Crippen LogP contribution >= 0.6 is 0 Å². The zero-order valence-electron chi connectivity index (χ0n) is 2.02. The van der Waals surface area contributed by atoms with E-state index in [0.717, 1.165) is 0 Å². The molecule has 19 valence electrons. The van der Waals surface area contributed by atoms with E-state index in [4.69, 9.17) is 11.1 Å². The molecule has 0 spiro atoms. The van der Waals surface area contributed by atoms with Gasteiger partial charge in [0.15, 0.2) is 0 Å². The topological polar surface area (TPSA) is 61.8 Å². The summed E-state index contributed by atoms with van der Waals surface area (Å²) >= 11 is 0. The maximum absolute atomic E-state index is 5.50. The van der Waals surface area contributed by atoms with Crippen LogP contribution < -0.4 is 4.91 Å². The van der Waals surface area contributed by atoms with E-state index >= 15 is 0 Å². The Morgan fingerprint density at radius 2 is 1.25 bits per heavy atom. The minimum absolute atomic E-state index is 0. The van der Waals surface area contributed by atoms with E-state index in [9.17, 15) is 0 Å². The molecule has 0 rings (SSSR count). The van der Waals surface area contributed by atoms with Crippen LogP contribution in [0.2, 0.25) is 0 Å². The van der Waals surface area contributed by atoms with Crippen molar-refractivity contribution in [2.45, 2.75) is 0 Å². The van der Waals surface area contributed by atoms with Crippen molar-refractivity contribution in [1.82, 2.24) is 4.91 Å². The van der Waals surface area contributed by atoms with Crippen LogP contribution in [-0.4, -0.2) is 0 Å². The van der Waals surface area contributed by atoms with E-state index in [0.29, 0.717) is 0 Å². The van der Waals surface area contributed by atoms with Crippen LogP contribution in [0.5, 0.6) is 0 Å². The fraction of sp³-hybridized carbons (Fsp3) is 0. The first-order valence-corrected chi connectivity index (χ1v) is 0.447. The Morgan fingerprint density at radius 1 is 1.25 bits per heavy atom. The zero-order chi connectivity index (χ0) is 2.71. The number of nitrogens with zero attached hydrogens (tertiary/aromatic N) is 1. The van der Waals surface area contributed by atoms with Crippen LogP contribution in [0.4, 0.5) is 0 Å². The Morgan fingerprint density at radius 3 is 1.25 bits per heavy atom. The smallest absolute Gasteiger partial charge is 0 e. The average molecular weight is 183 g/mol. The average Bonchev–Trinajstić information content (AvgIpc) is 0.918. The molecule has 0 unspecified atom stereocenters. The van der Waals surface area contributed by atoms with Crippen molar-refractivity contribution in [2.75, 3.05) is 0 Å². The Balaban J connectivity index is 0. The second-order valence-electron chi connectivity index (χ2n) is 0.112. The van der Waals surface area contributed by atoms with Gasteiger partial charge in [0, 0.05) is 35.6 Å². The van der Waals surface area contributed by atoms with E-state index < -0.39 is 0 Å². The third-order valence-electron chi connectivity index (χ3n) is 0. The zero-order valence-corrected chi connectivity index (χ0v) is 5.65. The van der Waals surface area contributed by atoms with E-state index in [-0.39, 0.29) is 35.6 Å². The van der Waals surface area contributed by atoms with Gasteiger partial charge in [-0.05, 0) is 0 Å². The molecule has 0 amide bonds. The van der Waals surface area contributed by atoms with Crippen LogP contribution in [0.25, 0.3) is 0 Å². The Labute approximate surface area is 51.4 Å². The van der Waals surface area contributed by atoms with Crippen molar-refractivity contribution >= 4 is 0 Å². The first-order chi connectivity index (χ1) is 1.41. The van der Waals surface area contributed by atoms with Gasteiger partial charge in [0.2, 0.25) is 4.91 Å². The number of nitrogens with one attached hydrogen (secondary N) is 2. The molecule has 0 bridgehead atoms. The molecule has 0 saturated heterocycles. The summed E-state index contributed by atoms with van der Waals surface area (Å²) in [5.41, 5.74) is 11.0. The molecule has 0 heterocycles. The van der Waals surface area contributed by atoms with E-state index in [2.05, 4.69) is 0 Å². The second-order valence-corrected chi connectivity index (χ2v) is 0.112. The molecular formula is H2LaN3+. The summed E-state index contributed by atoms with van der Waals surface area (Å²) in [5, 5.41) is 0. The first kappa shape index (κ1) is 8.82. The van der Waals surface area contributed by atoms with Crippen LogP contribution in [0.15, 0.2) is 0 Å². The summed E-state index contributed by atoms with van der Waals surface area (Å²) in [6.45, 7) is 0. The summed E-state index contributed by atoms with van der Waals surface area (Å²) < 4.78 is 0. The molecular weight excluding hydrogens is 181 g/mol. The van der Waals surface area contributed by atoms with Crippen LogP contribution in [-0.2, 0) is 0 Å². The summed E-state index contributed by atoms with van der Waals surface area (Å²) in [4.78, 5) is 2.00. The Hall–Kier alpha value is 0.505. The number of hydrogen-bond acceptors (Lipinski definition) is 2. The monoisotopic (exact) mass is 183 g/mol. The maximum Gasteiger partial charge on any atom is 0.211 e. The van der Waals surface area contributed by atoms with Gasteiger partial charge in [-0.1, -0.05) is 0 Å². The van der Waals surface area contributed by atoms with Gasteiger partial charge in [-0.15, -0.1) is 0 Å². The van der Waals surface area contributed by atoms with E-state index in [1.165, 1.54) is 0 Å². The van der Waals surface area contributed by atoms with E-state index in [1.807, 2.05) is 4.91 Å². The number of rotatable bonds is 0. The first-order valence-electron chi connectivity index (χ1n) is 0.447. The summed E-state index contributed by atoms with van der Waals surface area (Å²) in [6, 6.07) is 0. The maximum atomic E-state index is 5.50. The van der Waals surface area contributed by atoms with Gasteiger partial charge < -0.3 is 0 Å². The molecule has 0 aromatic rings. The summed E-state index contributed by atoms with van der Waals surface area (Å²) in [7, 11) is 0. The molecule has 2 N–H and O–H groups in total. The molecule has 0 aromatic heterocycles. The van der Waals surface area contributed by atoms with Gasteiger partial charge in [0.1, 0.15) is 11.1 Å². The van der Waals surface area contributed by atoms with Crippen LogP contribution in [0.3, 0.4) is 0 Å². The molecule has 4 heteroatoms. The Bertz CT molecular complexity index is 24.3. The summed E-state index contributed by atoms with van der Waals surface area (Å²) in [5.74, 6) is 0. The molecule has 0 fully saturated rings. The molecule has 4 heavy (non-hydrogen) atoms. The minimum atomic E-state index is 0. The SMILES string of the molecule is N=[N+]=N.[La]. The molecule has 3 nitrogen and oxygen atoms in total. The van der Waals surface area contributed by atoms with Crippen molar-refractivity contribution in [2.24, 2.45) is 0 Å². The van der Waals surface area contributed by atoms with Crippen molar-refractivity contribution in [3.8, 4) is 0 Å². The quantitative estimate of drug-likeness (QED) is 0.395. The van der Waals surface area contributed by atoms with Gasteiger partial charge in [0.25, 0.3) is 0 Å². The third kappa shape index (κ3) is 22.3. The predicted molar refractivity (Wildman–Crippen MR) is 7.57 cm³/mol. The number of hydrogen-bond donors (Lipinski definition) is 2. The minimum Gasteiger partial charge on any atom is 0 e. The molecule has 1 radical (unpaired) electrons. The molecule has 0 aromatic carbocycles. The van der Waals surface area contributed by atoms with Crippen molar-refractivity contribution in [1.29, 1.82) is 11.1 Å². The van der Waals surface area contributed by atoms with Gasteiger partial charge in [0.05, 0.1) is 0 Å². The molecule has 0 aliphatic heterocycles. The Kier molecular flexibility index (Phi) is 21.4. The van der Waals surface area contributed by atoms with E-state index in [1.54, 1.807) is 0 Å². The fourth-order valence-corrected chi connectivity index (χ4v) is 0. The molecule has 0 aliphatic rings. The van der Waals surface area contributed by atoms with Crippen molar-refractivity contribution in [3.63, 3.8) is 0 Å². The van der Waals surface area contributed by atoms with Crippen LogP contribution in [0, 0.1) is 46.7 Å². The van der Waals surface area contributed by atoms with Crippen LogP contribution in [0.1, 0.15) is 0 Å². The predicted octanol–water partition coefficient (Wildman–Crippen LogP) is 0.116. The van der Waals surface area contributed by atoms with Gasteiger partial charge in [-0.2, -0.15) is 0 Å². The third-order valence-corrected chi connectivity index (χ3v) is 0. The van der Waals surface area contributed by atoms with Crippen molar-refractivity contribution < 1.29 is 35.6 Å². The molecule has 0 saturated carbocycles. The molecule has 0 aliphatic carbocycles. The van der Waals surface area contributed by atoms with Crippen molar-refractivity contribution in [3.05, 3.63) is 0 Å².